The van der Waals surface area contributed by atoms with E-state index < -0.39 is 16.0 Å². The third-order valence-electron chi connectivity index (χ3n) is 6.06. The van der Waals surface area contributed by atoms with E-state index in [2.05, 4.69) is 20.0 Å². The molecule has 0 radical (unpaired) electrons. The first-order chi connectivity index (χ1) is 16.0. The zero-order chi connectivity index (χ0) is 22.8. The van der Waals surface area contributed by atoms with Gasteiger partial charge in [-0.25, -0.2) is 18.1 Å². The Morgan fingerprint density at radius 1 is 0.970 bits per heavy atom. The van der Waals surface area contributed by atoms with E-state index in [1.54, 1.807) is 36.7 Å². The van der Waals surface area contributed by atoms with Gasteiger partial charge in [0.25, 0.3) is 0 Å². The second-order valence-corrected chi connectivity index (χ2v) is 9.93. The van der Waals surface area contributed by atoms with Crippen molar-refractivity contribution in [1.82, 2.24) is 20.0 Å². The predicted molar refractivity (Wildman–Crippen MR) is 125 cm³/mol. The summed E-state index contributed by atoms with van der Waals surface area (Å²) in [4.78, 5) is 8.04. The van der Waals surface area contributed by atoms with Gasteiger partial charge in [-0.3, -0.25) is 4.98 Å². The highest BCUT2D eigenvalue weighted by molar-refractivity contribution is 7.89. The fourth-order valence-corrected chi connectivity index (χ4v) is 5.62. The van der Waals surface area contributed by atoms with Crippen molar-refractivity contribution in [2.45, 2.75) is 29.8 Å². The molecule has 5 rings (SSSR count). The van der Waals surface area contributed by atoms with Crippen LogP contribution in [0.4, 0.5) is 4.39 Å². The first kappa shape index (κ1) is 21.6. The molecule has 0 saturated carbocycles. The van der Waals surface area contributed by atoms with Gasteiger partial charge in [0, 0.05) is 53.6 Å². The number of hydrogen-bond donors (Lipinski definition) is 2. The van der Waals surface area contributed by atoms with Gasteiger partial charge in [-0.2, -0.15) is 4.39 Å². The van der Waals surface area contributed by atoms with Gasteiger partial charge < -0.3 is 5.32 Å². The Labute approximate surface area is 192 Å². The van der Waals surface area contributed by atoms with E-state index >= 15 is 0 Å². The topological polar surface area (TPSA) is 84.0 Å². The largest absolute Gasteiger partial charge is 0.306 e. The summed E-state index contributed by atoms with van der Waals surface area (Å²) in [6.07, 6.45) is 6.57. The molecule has 168 valence electrons. The fourth-order valence-electron chi connectivity index (χ4n) is 4.31. The Bertz CT molecular complexity index is 1370. The van der Waals surface area contributed by atoms with Crippen LogP contribution in [0.3, 0.4) is 0 Å². The Morgan fingerprint density at radius 2 is 1.79 bits per heavy atom. The number of nitrogens with zero attached hydrogens (tertiary/aromatic N) is 2. The lowest BCUT2D eigenvalue weighted by atomic mass is 10.0. The summed E-state index contributed by atoms with van der Waals surface area (Å²) in [7, 11) is -3.65. The van der Waals surface area contributed by atoms with Gasteiger partial charge in [-0.15, -0.1) is 0 Å². The molecular formula is C25H23FN4O2S. The van der Waals surface area contributed by atoms with Crippen molar-refractivity contribution in [2.75, 3.05) is 6.54 Å². The summed E-state index contributed by atoms with van der Waals surface area (Å²) in [6.45, 7) is 0.319. The van der Waals surface area contributed by atoms with Crippen molar-refractivity contribution >= 4 is 20.8 Å². The number of benzene rings is 2. The normalized spacial score (nSPS) is 18.6. The second-order valence-electron chi connectivity index (χ2n) is 8.19. The maximum atomic E-state index is 13.0. The van der Waals surface area contributed by atoms with Crippen LogP contribution in [0.5, 0.6) is 0 Å². The predicted octanol–water partition coefficient (Wildman–Crippen LogP) is 4.21. The minimum Gasteiger partial charge on any atom is -0.306 e. The summed E-state index contributed by atoms with van der Waals surface area (Å²) < 4.78 is 41.7. The van der Waals surface area contributed by atoms with Crippen molar-refractivity contribution < 1.29 is 12.8 Å². The van der Waals surface area contributed by atoms with Crippen LogP contribution in [0.25, 0.3) is 21.9 Å². The van der Waals surface area contributed by atoms with Gasteiger partial charge in [0.1, 0.15) is 0 Å². The third-order valence-corrected chi connectivity index (χ3v) is 7.55. The molecule has 2 atom stereocenters. The molecule has 2 aromatic heterocycles. The molecule has 4 aromatic rings. The zero-order valence-corrected chi connectivity index (χ0v) is 18.6. The molecule has 3 heterocycles. The first-order valence-electron chi connectivity index (χ1n) is 10.8. The van der Waals surface area contributed by atoms with Gasteiger partial charge in [-0.1, -0.05) is 36.4 Å². The molecule has 0 aliphatic carbocycles. The van der Waals surface area contributed by atoms with Gasteiger partial charge in [0.05, 0.1) is 4.90 Å². The highest BCUT2D eigenvalue weighted by atomic mass is 32.2. The average Bonchev–Trinajstić information content (AvgIpc) is 3.32. The molecule has 33 heavy (non-hydrogen) atoms. The fraction of sp³-hybridized carbons (Fsp3) is 0.200. The number of pyridine rings is 2. The van der Waals surface area contributed by atoms with E-state index in [4.69, 9.17) is 0 Å². The Morgan fingerprint density at radius 3 is 2.58 bits per heavy atom. The van der Waals surface area contributed by atoms with E-state index in [0.717, 1.165) is 34.9 Å². The average molecular weight is 463 g/mol. The Kier molecular flexibility index (Phi) is 5.88. The lowest BCUT2D eigenvalue weighted by molar-refractivity contribution is 0.529. The molecular weight excluding hydrogens is 439 g/mol. The number of sulfonamides is 1. The van der Waals surface area contributed by atoms with Crippen LogP contribution in [0.15, 0.2) is 84.1 Å². The van der Waals surface area contributed by atoms with Gasteiger partial charge in [0.2, 0.25) is 16.0 Å². The molecule has 1 aliphatic heterocycles. The van der Waals surface area contributed by atoms with Crippen LogP contribution in [0, 0.1) is 5.95 Å². The minimum absolute atomic E-state index is 0.0439. The van der Waals surface area contributed by atoms with Crippen LogP contribution in [-0.4, -0.2) is 31.0 Å². The second kappa shape index (κ2) is 8.97. The zero-order valence-electron chi connectivity index (χ0n) is 17.8. The first-order valence-corrected chi connectivity index (χ1v) is 12.3. The monoisotopic (exact) mass is 462 g/mol. The summed E-state index contributed by atoms with van der Waals surface area (Å²) in [5.74, 6) is -0.496. The Hall–Kier alpha value is -3.20. The number of hydrogen-bond acceptors (Lipinski definition) is 5. The smallest absolute Gasteiger partial charge is 0.241 e. The summed E-state index contributed by atoms with van der Waals surface area (Å²) >= 11 is 0. The maximum Gasteiger partial charge on any atom is 0.241 e. The highest BCUT2D eigenvalue weighted by Gasteiger charge is 2.27. The lowest BCUT2D eigenvalue weighted by Crippen LogP contribution is -2.37. The number of halogens is 1. The molecule has 0 bridgehead atoms. The minimum atomic E-state index is -3.65. The standard InChI is InChI=1S/C25H23FN4O2S/c26-25-11-8-19(15-28-25)17-4-6-18(7-5-17)23-10-9-21(30-23)16-29-33(31,32)24-3-1-2-20-14-27-13-12-22(20)24/h1-8,11-15,21,23,29-30H,9-10,16H2/t21-,23+/m1/s1. The van der Waals surface area contributed by atoms with Gasteiger partial charge in [0.15, 0.2) is 0 Å². The summed E-state index contributed by atoms with van der Waals surface area (Å²) in [6, 6.07) is 18.3. The van der Waals surface area contributed by atoms with E-state index in [9.17, 15) is 12.8 Å². The van der Waals surface area contributed by atoms with Crippen LogP contribution in [-0.2, 0) is 10.0 Å². The van der Waals surface area contributed by atoms with Crippen LogP contribution in [0.2, 0.25) is 0 Å². The van der Waals surface area contributed by atoms with Gasteiger partial charge in [-0.05, 0) is 48.2 Å². The van der Waals surface area contributed by atoms with E-state index in [1.807, 2.05) is 30.3 Å². The van der Waals surface area contributed by atoms with Gasteiger partial charge >= 0.3 is 0 Å². The van der Waals surface area contributed by atoms with Crippen LogP contribution >= 0.6 is 0 Å². The molecule has 0 spiro atoms. The number of fused-ring (bicyclic) bond motifs is 1. The van der Waals surface area contributed by atoms with E-state index in [0.29, 0.717) is 11.9 Å². The van der Waals surface area contributed by atoms with Crippen molar-refractivity contribution in [2.24, 2.45) is 0 Å². The molecule has 8 heteroatoms. The maximum absolute atomic E-state index is 13.0. The number of aromatic nitrogens is 2. The van der Waals surface area contributed by atoms with Crippen molar-refractivity contribution in [3.8, 4) is 11.1 Å². The quantitative estimate of drug-likeness (QED) is 0.420. The molecule has 2 N–H and O–H groups in total. The molecule has 6 nitrogen and oxygen atoms in total. The summed E-state index contributed by atoms with van der Waals surface area (Å²) in [5, 5.41) is 4.99. The molecule has 1 aliphatic rings. The van der Waals surface area contributed by atoms with E-state index in [1.165, 1.54) is 12.3 Å². The third kappa shape index (κ3) is 4.64. The SMILES string of the molecule is O=S(=O)(NC[C@H]1CC[C@@H](c2ccc(-c3ccc(F)nc3)cc2)N1)c1cccc2cnccc12. The molecule has 1 fully saturated rings. The molecule has 0 unspecified atom stereocenters. The number of rotatable bonds is 6. The van der Waals surface area contributed by atoms with E-state index in [-0.39, 0.29) is 17.0 Å². The highest BCUT2D eigenvalue weighted by Crippen LogP contribution is 2.29. The molecule has 1 saturated heterocycles. The summed E-state index contributed by atoms with van der Waals surface area (Å²) in [5.41, 5.74) is 2.97. The van der Waals surface area contributed by atoms with Crippen molar-refractivity contribution in [1.29, 1.82) is 0 Å². The van der Waals surface area contributed by atoms with Crippen molar-refractivity contribution in [3.63, 3.8) is 0 Å². The Balaban J connectivity index is 1.23. The van der Waals surface area contributed by atoms with Crippen molar-refractivity contribution in [3.05, 3.63) is 90.8 Å². The molecule has 0 amide bonds. The molecule has 2 aromatic carbocycles. The van der Waals surface area contributed by atoms with Crippen LogP contribution < -0.4 is 10.0 Å². The number of nitrogens with one attached hydrogen (secondary N) is 2. The van der Waals surface area contributed by atoms with Crippen LogP contribution in [0.1, 0.15) is 24.4 Å². The lowest BCUT2D eigenvalue weighted by Gasteiger charge is -2.16.